The average Bonchev–Trinajstić information content (AvgIpc) is 3.37. The Morgan fingerprint density at radius 3 is 2.38 bits per heavy atom. The van der Waals surface area contributed by atoms with Gasteiger partial charge in [-0.2, -0.15) is 0 Å². The predicted octanol–water partition coefficient (Wildman–Crippen LogP) is 4.61. The van der Waals surface area contributed by atoms with Gasteiger partial charge in [-0.25, -0.2) is 4.79 Å². The third-order valence-corrected chi connectivity index (χ3v) is 6.54. The zero-order valence-corrected chi connectivity index (χ0v) is 19.9. The molecule has 1 fully saturated rings. The second-order valence-corrected chi connectivity index (χ2v) is 8.81. The van der Waals surface area contributed by atoms with E-state index in [9.17, 15) is 9.59 Å². The highest BCUT2D eigenvalue weighted by molar-refractivity contribution is 7.13. The fourth-order valence-corrected chi connectivity index (χ4v) is 4.58. The molecule has 1 aromatic heterocycles. The second-order valence-electron chi connectivity index (χ2n) is 7.80. The Balaban J connectivity index is 1.34. The van der Waals surface area contributed by atoms with Crippen LogP contribution < -0.4 is 20.1 Å². The summed E-state index contributed by atoms with van der Waals surface area (Å²) in [6.45, 7) is 3.72. The number of hydrogen-bond donors (Lipinski definition) is 2. The molecule has 2 N–H and O–H groups in total. The number of likely N-dealkylation sites (tertiary alicyclic amines) is 1. The second kappa shape index (κ2) is 11.0. The van der Waals surface area contributed by atoms with Crippen molar-refractivity contribution < 1.29 is 19.1 Å². The van der Waals surface area contributed by atoms with Gasteiger partial charge in [0.25, 0.3) is 5.91 Å². The van der Waals surface area contributed by atoms with E-state index in [2.05, 4.69) is 20.8 Å². The van der Waals surface area contributed by atoms with Gasteiger partial charge in [0, 0.05) is 30.4 Å². The smallest absolute Gasteiger partial charge is 0.321 e. The number of methoxy groups -OCH3 is 1. The van der Waals surface area contributed by atoms with E-state index in [1.165, 1.54) is 11.3 Å². The lowest BCUT2D eigenvalue weighted by Crippen LogP contribution is -2.41. The summed E-state index contributed by atoms with van der Waals surface area (Å²) in [6, 6.07) is 14.2. The van der Waals surface area contributed by atoms with E-state index in [4.69, 9.17) is 9.47 Å². The molecule has 2 heterocycles. The fourth-order valence-electron chi connectivity index (χ4n) is 3.72. The number of carbonyl (C=O) groups is 2. The van der Waals surface area contributed by atoms with E-state index >= 15 is 0 Å². The molecule has 10 heteroatoms. The first-order chi connectivity index (χ1) is 16.6. The summed E-state index contributed by atoms with van der Waals surface area (Å²) in [6.07, 6.45) is 1.75. The number of nitrogens with zero attached hydrogens (tertiary/aromatic N) is 3. The molecule has 9 nitrogen and oxygen atoms in total. The molecule has 1 atom stereocenters. The van der Waals surface area contributed by atoms with Gasteiger partial charge in [0.2, 0.25) is 5.01 Å². The third-order valence-electron chi connectivity index (χ3n) is 5.46. The van der Waals surface area contributed by atoms with Gasteiger partial charge < -0.3 is 25.0 Å². The monoisotopic (exact) mass is 481 g/mol. The average molecular weight is 482 g/mol. The van der Waals surface area contributed by atoms with Gasteiger partial charge in [0.05, 0.1) is 13.7 Å². The highest BCUT2D eigenvalue weighted by atomic mass is 32.1. The number of rotatable bonds is 7. The van der Waals surface area contributed by atoms with Gasteiger partial charge >= 0.3 is 6.03 Å². The van der Waals surface area contributed by atoms with Crippen LogP contribution in [0.25, 0.3) is 0 Å². The molecular formula is C24H27N5O4S. The normalized spacial score (nSPS) is 15.5. The number of benzene rings is 2. The molecule has 0 spiro atoms. The Labute approximate surface area is 202 Å². The van der Waals surface area contributed by atoms with Crippen molar-refractivity contribution >= 4 is 34.6 Å². The first kappa shape index (κ1) is 23.5. The fraction of sp³-hybridized carbons (Fsp3) is 0.333. The van der Waals surface area contributed by atoms with E-state index in [1.54, 1.807) is 36.3 Å². The summed E-state index contributed by atoms with van der Waals surface area (Å²) in [7, 11) is 1.59. The minimum absolute atomic E-state index is 0.0415. The maximum absolute atomic E-state index is 12.8. The van der Waals surface area contributed by atoms with E-state index in [1.807, 2.05) is 31.2 Å². The summed E-state index contributed by atoms with van der Waals surface area (Å²) in [5.74, 6) is 1.21. The molecule has 2 aromatic carbocycles. The van der Waals surface area contributed by atoms with Crippen LogP contribution in [0.15, 0.2) is 48.5 Å². The van der Waals surface area contributed by atoms with Crippen LogP contribution in [0.2, 0.25) is 0 Å². The number of ether oxygens (including phenoxy) is 2. The molecule has 0 unspecified atom stereocenters. The van der Waals surface area contributed by atoms with Crippen molar-refractivity contribution in [3.8, 4) is 11.5 Å². The number of urea groups is 1. The summed E-state index contributed by atoms with van der Waals surface area (Å²) in [5.41, 5.74) is 1.36. The van der Waals surface area contributed by atoms with Gasteiger partial charge in [-0.05, 0) is 68.3 Å². The van der Waals surface area contributed by atoms with Crippen LogP contribution in [-0.4, -0.2) is 53.8 Å². The van der Waals surface area contributed by atoms with Crippen molar-refractivity contribution in [2.75, 3.05) is 37.4 Å². The molecule has 1 saturated heterocycles. The Morgan fingerprint density at radius 1 is 1.03 bits per heavy atom. The minimum Gasteiger partial charge on any atom is -0.497 e. The molecule has 0 aliphatic carbocycles. The van der Waals surface area contributed by atoms with E-state index < -0.39 is 0 Å². The van der Waals surface area contributed by atoms with Crippen molar-refractivity contribution in [3.05, 3.63) is 58.5 Å². The van der Waals surface area contributed by atoms with E-state index in [-0.39, 0.29) is 17.9 Å². The number of anilines is 2. The lowest BCUT2D eigenvalue weighted by atomic mass is 9.99. The summed E-state index contributed by atoms with van der Waals surface area (Å²) >= 11 is 1.27. The SMILES string of the molecule is CCOc1ccc(NC(=O)N2CCC[C@H](c3nnc(C(=O)Nc4ccc(OC)cc4)s3)C2)cc1. The van der Waals surface area contributed by atoms with Crippen LogP contribution in [0, 0.1) is 0 Å². The quantitative estimate of drug-likeness (QED) is 0.511. The number of hydrogen-bond acceptors (Lipinski definition) is 7. The van der Waals surface area contributed by atoms with Crippen molar-refractivity contribution in [2.24, 2.45) is 0 Å². The highest BCUT2D eigenvalue weighted by Gasteiger charge is 2.28. The molecule has 0 bridgehead atoms. The van der Waals surface area contributed by atoms with E-state index in [0.29, 0.717) is 41.8 Å². The van der Waals surface area contributed by atoms with Gasteiger partial charge in [0.15, 0.2) is 0 Å². The Kier molecular flexibility index (Phi) is 7.58. The summed E-state index contributed by atoms with van der Waals surface area (Å²) < 4.78 is 10.6. The number of amides is 3. The number of aromatic nitrogens is 2. The number of carbonyl (C=O) groups excluding carboxylic acids is 2. The summed E-state index contributed by atoms with van der Waals surface area (Å²) in [5, 5.41) is 15.1. The van der Waals surface area contributed by atoms with Gasteiger partial charge in [-0.15, -0.1) is 10.2 Å². The zero-order valence-electron chi connectivity index (χ0n) is 19.1. The molecule has 34 heavy (non-hydrogen) atoms. The van der Waals surface area contributed by atoms with Crippen molar-refractivity contribution in [1.29, 1.82) is 0 Å². The van der Waals surface area contributed by atoms with Crippen LogP contribution in [0.5, 0.6) is 11.5 Å². The molecule has 0 radical (unpaired) electrons. The lowest BCUT2D eigenvalue weighted by Gasteiger charge is -2.31. The Hall–Kier alpha value is -3.66. The van der Waals surface area contributed by atoms with E-state index in [0.717, 1.165) is 23.6 Å². The van der Waals surface area contributed by atoms with Crippen molar-refractivity contribution in [1.82, 2.24) is 15.1 Å². The molecule has 178 valence electrons. The standard InChI is InChI=1S/C24H27N5O4S/c1-3-33-20-12-8-18(9-13-20)26-24(31)29-14-4-5-16(15-29)22-27-28-23(34-22)21(30)25-17-6-10-19(32-2)11-7-17/h6-13,16H,3-5,14-15H2,1-2H3,(H,25,30)(H,26,31)/t16-/m0/s1. The maximum atomic E-state index is 12.8. The zero-order chi connectivity index (χ0) is 23.9. The Morgan fingerprint density at radius 2 is 1.71 bits per heavy atom. The number of piperidine rings is 1. The Bertz CT molecular complexity index is 1120. The van der Waals surface area contributed by atoms with Gasteiger partial charge in [-0.3, -0.25) is 4.79 Å². The van der Waals surface area contributed by atoms with Crippen LogP contribution in [0.4, 0.5) is 16.2 Å². The third kappa shape index (κ3) is 5.82. The van der Waals surface area contributed by atoms with Gasteiger partial charge in [0.1, 0.15) is 16.5 Å². The largest absolute Gasteiger partial charge is 0.497 e. The molecule has 4 rings (SSSR count). The topological polar surface area (TPSA) is 106 Å². The molecule has 3 aromatic rings. The van der Waals surface area contributed by atoms with Crippen LogP contribution in [0.1, 0.15) is 40.5 Å². The molecule has 1 aliphatic heterocycles. The molecular weight excluding hydrogens is 454 g/mol. The van der Waals surface area contributed by atoms with Crippen LogP contribution >= 0.6 is 11.3 Å². The van der Waals surface area contributed by atoms with Crippen molar-refractivity contribution in [2.45, 2.75) is 25.7 Å². The molecule has 3 amide bonds. The van der Waals surface area contributed by atoms with Crippen LogP contribution in [0.3, 0.4) is 0 Å². The highest BCUT2D eigenvalue weighted by Crippen LogP contribution is 2.30. The first-order valence-electron chi connectivity index (χ1n) is 11.1. The van der Waals surface area contributed by atoms with Gasteiger partial charge in [-0.1, -0.05) is 11.3 Å². The molecule has 0 saturated carbocycles. The lowest BCUT2D eigenvalue weighted by molar-refractivity contribution is 0.102. The minimum atomic E-state index is -0.310. The predicted molar refractivity (Wildman–Crippen MR) is 131 cm³/mol. The van der Waals surface area contributed by atoms with Crippen molar-refractivity contribution in [3.63, 3.8) is 0 Å². The number of nitrogens with one attached hydrogen (secondary N) is 2. The first-order valence-corrected chi connectivity index (χ1v) is 11.9. The van der Waals surface area contributed by atoms with Crippen LogP contribution in [-0.2, 0) is 0 Å². The maximum Gasteiger partial charge on any atom is 0.321 e. The summed E-state index contributed by atoms with van der Waals surface area (Å²) in [4.78, 5) is 27.2. The molecule has 1 aliphatic rings.